The molecule has 0 bridgehead atoms. The number of anilines is 3. The second kappa shape index (κ2) is 12.3. The summed E-state index contributed by atoms with van der Waals surface area (Å²) in [4.78, 5) is 2.37. The van der Waals surface area contributed by atoms with Gasteiger partial charge < -0.3 is 18.1 Å². The minimum absolute atomic E-state index is 0.875. The summed E-state index contributed by atoms with van der Waals surface area (Å²) in [6.45, 7) is 0. The lowest BCUT2D eigenvalue weighted by Crippen LogP contribution is -2.09. The van der Waals surface area contributed by atoms with E-state index in [1.54, 1.807) is 0 Å². The lowest BCUT2D eigenvalue weighted by Gasteiger charge is -2.25. The molecule has 0 aliphatic heterocycles. The van der Waals surface area contributed by atoms with Crippen molar-refractivity contribution < 1.29 is 4.42 Å². The maximum absolute atomic E-state index is 6.62. The highest BCUT2D eigenvalue weighted by molar-refractivity contribution is 7.26. The molecule has 5 aromatic heterocycles. The summed E-state index contributed by atoms with van der Waals surface area (Å²) >= 11 is 1.87. The summed E-state index contributed by atoms with van der Waals surface area (Å²) in [6.07, 6.45) is 0. The van der Waals surface area contributed by atoms with Crippen LogP contribution in [0.4, 0.5) is 17.1 Å². The molecule has 0 amide bonds. The van der Waals surface area contributed by atoms with Crippen LogP contribution < -0.4 is 4.90 Å². The van der Waals surface area contributed by atoms with Crippen molar-refractivity contribution in [1.82, 2.24) is 8.80 Å². The molecule has 0 spiro atoms. The molecule has 0 aliphatic rings. The monoisotopic (exact) mass is 819 g/mol. The number of nitrogens with zero attached hydrogens (tertiary/aromatic N) is 3. The molecule has 10 aromatic carbocycles. The maximum Gasteiger partial charge on any atom is 0.137 e. The average Bonchev–Trinajstić information content (AvgIpc) is 4.08. The van der Waals surface area contributed by atoms with E-state index in [-0.39, 0.29) is 0 Å². The molecule has 63 heavy (non-hydrogen) atoms. The van der Waals surface area contributed by atoms with Gasteiger partial charge in [-0.15, -0.1) is 11.3 Å². The van der Waals surface area contributed by atoms with E-state index in [1.807, 2.05) is 11.3 Å². The molecular formula is C58H33N3OS. The Morgan fingerprint density at radius 1 is 0.349 bits per heavy atom. The van der Waals surface area contributed by atoms with Crippen molar-refractivity contribution in [3.63, 3.8) is 0 Å². The maximum atomic E-state index is 6.62. The predicted molar refractivity (Wildman–Crippen MR) is 267 cm³/mol. The minimum atomic E-state index is 0.875. The average molecular weight is 820 g/mol. The molecule has 0 aliphatic carbocycles. The Morgan fingerprint density at radius 2 is 1.00 bits per heavy atom. The zero-order valence-electron chi connectivity index (χ0n) is 33.7. The first-order valence-corrected chi connectivity index (χ1v) is 22.3. The van der Waals surface area contributed by atoms with Crippen molar-refractivity contribution in [3.8, 4) is 11.1 Å². The molecule has 5 heteroatoms. The second-order valence-corrected chi connectivity index (χ2v) is 18.0. The molecule has 0 atom stereocenters. The van der Waals surface area contributed by atoms with Crippen molar-refractivity contribution in [2.45, 2.75) is 0 Å². The molecule has 0 fully saturated rings. The molecule has 0 radical (unpaired) electrons. The first-order chi connectivity index (χ1) is 31.2. The zero-order chi connectivity index (χ0) is 40.9. The van der Waals surface area contributed by atoms with Gasteiger partial charge in [-0.1, -0.05) is 109 Å². The van der Waals surface area contributed by atoms with Crippen LogP contribution in [-0.4, -0.2) is 8.80 Å². The normalized spacial score (nSPS) is 12.4. The van der Waals surface area contributed by atoms with E-state index in [0.29, 0.717) is 0 Å². The Balaban J connectivity index is 0.997. The Labute approximate surface area is 363 Å². The Morgan fingerprint density at radius 3 is 1.84 bits per heavy atom. The highest BCUT2D eigenvalue weighted by Crippen LogP contribution is 2.48. The van der Waals surface area contributed by atoms with Crippen molar-refractivity contribution in [2.24, 2.45) is 0 Å². The predicted octanol–water partition coefficient (Wildman–Crippen LogP) is 16.8. The molecule has 15 aromatic rings. The van der Waals surface area contributed by atoms with Gasteiger partial charge in [-0.05, 0) is 107 Å². The third-order valence-electron chi connectivity index (χ3n) is 13.6. The quantitative estimate of drug-likeness (QED) is 0.165. The second-order valence-electron chi connectivity index (χ2n) is 16.9. The van der Waals surface area contributed by atoms with E-state index in [2.05, 4.69) is 214 Å². The summed E-state index contributed by atoms with van der Waals surface area (Å²) in [7, 11) is 0. The first kappa shape index (κ1) is 33.6. The fourth-order valence-corrected chi connectivity index (χ4v) is 11.9. The summed E-state index contributed by atoms with van der Waals surface area (Å²) in [5.41, 5.74) is 14.9. The van der Waals surface area contributed by atoms with Crippen molar-refractivity contribution in [2.75, 3.05) is 4.90 Å². The summed E-state index contributed by atoms with van der Waals surface area (Å²) in [6, 6.07) is 73.4. The Bertz CT molecular complexity index is 4380. The molecule has 0 saturated carbocycles. The topological polar surface area (TPSA) is 25.2 Å². The highest BCUT2D eigenvalue weighted by atomic mass is 32.1. The van der Waals surface area contributed by atoms with Crippen molar-refractivity contribution >= 4 is 136 Å². The fourth-order valence-electron chi connectivity index (χ4n) is 10.9. The van der Waals surface area contributed by atoms with Gasteiger partial charge >= 0.3 is 0 Å². The lowest BCUT2D eigenvalue weighted by molar-refractivity contribution is 0.669. The van der Waals surface area contributed by atoms with Gasteiger partial charge in [-0.3, -0.25) is 0 Å². The fraction of sp³-hybridized carbons (Fsp3) is 0. The number of thiophene rings is 1. The summed E-state index contributed by atoms with van der Waals surface area (Å²) in [5.74, 6) is 0. The van der Waals surface area contributed by atoms with Gasteiger partial charge in [0.1, 0.15) is 11.2 Å². The van der Waals surface area contributed by atoms with Crippen LogP contribution in [-0.2, 0) is 0 Å². The van der Waals surface area contributed by atoms with Crippen LogP contribution in [0.25, 0.3) is 119 Å². The van der Waals surface area contributed by atoms with Crippen LogP contribution in [0.2, 0.25) is 0 Å². The minimum Gasteiger partial charge on any atom is -0.456 e. The highest BCUT2D eigenvalue weighted by Gasteiger charge is 2.24. The van der Waals surface area contributed by atoms with Crippen LogP contribution in [0.5, 0.6) is 0 Å². The Hall–Kier alpha value is -8.12. The van der Waals surface area contributed by atoms with Gasteiger partial charge in [0.25, 0.3) is 0 Å². The van der Waals surface area contributed by atoms with Crippen LogP contribution >= 0.6 is 11.3 Å². The summed E-state index contributed by atoms with van der Waals surface area (Å²) in [5, 5.41) is 12.3. The van der Waals surface area contributed by atoms with E-state index in [1.165, 1.54) is 96.7 Å². The number of benzene rings is 10. The van der Waals surface area contributed by atoms with Crippen LogP contribution in [0.1, 0.15) is 0 Å². The SMILES string of the molecule is c1ccc(-c2ccc3c(c2)c2cccc4c2n3c2cccc3c5ccc6sc7ccc(N(c8ccccc8)c8ccc9c(c8)oc8cc%10ccccc%10cc89)cc7c6c5n4c32)cc1. The van der Waals surface area contributed by atoms with Crippen molar-refractivity contribution in [1.29, 1.82) is 0 Å². The zero-order valence-corrected chi connectivity index (χ0v) is 34.5. The van der Waals surface area contributed by atoms with Crippen LogP contribution in [0.3, 0.4) is 0 Å². The number of hydrogen-bond donors (Lipinski definition) is 0. The number of hydrogen-bond acceptors (Lipinski definition) is 3. The smallest absolute Gasteiger partial charge is 0.137 e. The summed E-state index contributed by atoms with van der Waals surface area (Å²) < 4.78 is 14.3. The van der Waals surface area contributed by atoms with Gasteiger partial charge in [-0.25, -0.2) is 0 Å². The molecule has 4 nitrogen and oxygen atoms in total. The molecule has 5 heterocycles. The van der Waals surface area contributed by atoms with E-state index >= 15 is 0 Å². The van der Waals surface area contributed by atoms with Gasteiger partial charge in [0.15, 0.2) is 0 Å². The molecule has 0 saturated heterocycles. The molecule has 292 valence electrons. The van der Waals surface area contributed by atoms with Gasteiger partial charge in [0.05, 0.1) is 33.1 Å². The van der Waals surface area contributed by atoms with Crippen LogP contribution in [0.15, 0.2) is 205 Å². The van der Waals surface area contributed by atoms with E-state index < -0.39 is 0 Å². The van der Waals surface area contributed by atoms with Gasteiger partial charge in [0.2, 0.25) is 0 Å². The molecule has 15 rings (SSSR count). The van der Waals surface area contributed by atoms with Gasteiger partial charge in [-0.2, -0.15) is 0 Å². The third kappa shape index (κ3) is 4.53. The number of fused-ring (bicyclic) bond motifs is 16. The van der Waals surface area contributed by atoms with Crippen LogP contribution in [0, 0.1) is 0 Å². The third-order valence-corrected chi connectivity index (χ3v) is 14.7. The largest absolute Gasteiger partial charge is 0.456 e. The number of rotatable bonds is 4. The Kier molecular flexibility index (Phi) is 6.53. The molecular weight excluding hydrogens is 787 g/mol. The van der Waals surface area contributed by atoms with Crippen molar-refractivity contribution in [3.05, 3.63) is 200 Å². The number of furan rings is 1. The van der Waals surface area contributed by atoms with Gasteiger partial charge in [0, 0.05) is 75.6 Å². The lowest BCUT2D eigenvalue weighted by atomic mass is 10.0. The first-order valence-electron chi connectivity index (χ1n) is 21.5. The standard InChI is InChI=1S/C58H33N3OS/c1-3-11-34(12-4-1)37-21-26-48-45(29-37)43-18-10-20-50-56(43)60(48)49-19-9-17-42-44-25-28-54-55(58(44)61(50)57(42)49)47-32-39(23-27-53(47)63-54)59(38-15-5-2-6-16-38)40-22-24-41-46-30-35-13-7-8-14-36(35)31-51(46)62-52(41)33-40/h1-33H. The molecule has 0 unspecified atom stereocenters. The number of aromatic nitrogens is 2. The van der Waals surface area contributed by atoms with E-state index in [0.717, 1.165) is 39.0 Å². The van der Waals surface area contributed by atoms with E-state index in [4.69, 9.17) is 4.42 Å². The molecule has 0 N–H and O–H groups in total. The van der Waals surface area contributed by atoms with E-state index in [9.17, 15) is 0 Å². The number of para-hydroxylation sites is 3.